The van der Waals surface area contributed by atoms with Crippen LogP contribution in [0.4, 0.5) is 17.1 Å². The SMILES string of the molecule is c1ccc(-c2cccc3c2sc2c(N(c4ccc(-c5cccc6c5c5ccccc5n6-c5ccccc5)cc4)c4ccc5oc6ccccc6c5c4)cccc23)cc1. The lowest BCUT2D eigenvalue weighted by atomic mass is 9.99. The molecule has 0 saturated carbocycles. The molecule has 0 unspecified atom stereocenters. The maximum absolute atomic E-state index is 6.31. The number of benzene rings is 9. The van der Waals surface area contributed by atoms with E-state index in [1.165, 1.54) is 64.2 Å². The molecular weight excluding hydrogens is 725 g/mol. The van der Waals surface area contributed by atoms with Gasteiger partial charge in [0.25, 0.3) is 0 Å². The van der Waals surface area contributed by atoms with Gasteiger partial charge in [-0.1, -0.05) is 140 Å². The standard InChI is InChI=1S/C54H34N2OS/c1-3-14-35(15-4-1)41-21-11-22-43-44-23-13-26-49(54(44)58-53(41)43)55(39-32-33-51-46(34-39)42-18-8-10-27-50(42)57-51)38-30-28-36(29-31-38)40-20-12-25-48-52(40)45-19-7-9-24-47(45)56(48)37-16-5-2-6-17-37/h1-34H. The molecule has 12 aromatic rings. The maximum Gasteiger partial charge on any atom is 0.135 e. The number of anilines is 3. The number of fused-ring (bicyclic) bond motifs is 9. The molecule has 3 heterocycles. The van der Waals surface area contributed by atoms with Crippen molar-refractivity contribution < 1.29 is 4.42 Å². The first-order valence-electron chi connectivity index (χ1n) is 19.7. The quantitative estimate of drug-likeness (QED) is 0.168. The molecule has 12 rings (SSSR count). The molecule has 0 bridgehead atoms. The summed E-state index contributed by atoms with van der Waals surface area (Å²) < 4.78 is 11.2. The van der Waals surface area contributed by atoms with Crippen molar-refractivity contribution in [2.45, 2.75) is 0 Å². The van der Waals surface area contributed by atoms with E-state index in [1.54, 1.807) is 0 Å². The van der Waals surface area contributed by atoms with E-state index < -0.39 is 0 Å². The van der Waals surface area contributed by atoms with Gasteiger partial charge in [-0.25, -0.2) is 0 Å². The largest absolute Gasteiger partial charge is 0.456 e. The minimum atomic E-state index is 0.885. The summed E-state index contributed by atoms with van der Waals surface area (Å²) in [6.07, 6.45) is 0. The van der Waals surface area contributed by atoms with Crippen LogP contribution < -0.4 is 4.90 Å². The van der Waals surface area contributed by atoms with Crippen LogP contribution in [0.1, 0.15) is 0 Å². The van der Waals surface area contributed by atoms with Crippen molar-refractivity contribution in [2.24, 2.45) is 0 Å². The van der Waals surface area contributed by atoms with Gasteiger partial charge in [0, 0.05) is 54.1 Å². The zero-order chi connectivity index (χ0) is 38.2. The molecule has 0 amide bonds. The fourth-order valence-electron chi connectivity index (χ4n) is 9.01. The van der Waals surface area contributed by atoms with Crippen molar-refractivity contribution in [1.29, 1.82) is 0 Å². The Morgan fingerprint density at radius 3 is 1.84 bits per heavy atom. The van der Waals surface area contributed by atoms with Crippen molar-refractivity contribution in [2.75, 3.05) is 4.90 Å². The molecular formula is C54H34N2OS. The molecule has 3 aromatic heterocycles. The van der Waals surface area contributed by atoms with Crippen molar-refractivity contribution in [3.8, 4) is 27.9 Å². The van der Waals surface area contributed by atoms with Gasteiger partial charge in [-0.2, -0.15) is 0 Å². The summed E-state index contributed by atoms with van der Waals surface area (Å²) in [5.74, 6) is 0. The van der Waals surface area contributed by atoms with Crippen LogP contribution >= 0.6 is 11.3 Å². The number of hydrogen-bond acceptors (Lipinski definition) is 3. The Balaban J connectivity index is 1.06. The van der Waals surface area contributed by atoms with Crippen LogP contribution in [0.25, 0.3) is 91.9 Å². The number of thiophene rings is 1. The highest BCUT2D eigenvalue weighted by molar-refractivity contribution is 7.27. The van der Waals surface area contributed by atoms with E-state index in [2.05, 4.69) is 204 Å². The van der Waals surface area contributed by atoms with Gasteiger partial charge < -0.3 is 13.9 Å². The van der Waals surface area contributed by atoms with E-state index in [0.29, 0.717) is 0 Å². The molecule has 0 spiro atoms. The third kappa shape index (κ3) is 5.05. The Morgan fingerprint density at radius 2 is 1.00 bits per heavy atom. The van der Waals surface area contributed by atoms with Crippen LogP contribution in [-0.2, 0) is 0 Å². The highest BCUT2D eigenvalue weighted by Gasteiger charge is 2.22. The zero-order valence-corrected chi connectivity index (χ0v) is 32.2. The predicted octanol–water partition coefficient (Wildman–Crippen LogP) is 15.9. The van der Waals surface area contributed by atoms with Crippen LogP contribution in [0.5, 0.6) is 0 Å². The van der Waals surface area contributed by atoms with Crippen molar-refractivity contribution >= 4 is 92.3 Å². The van der Waals surface area contributed by atoms with Gasteiger partial charge in [0.1, 0.15) is 11.2 Å². The summed E-state index contributed by atoms with van der Waals surface area (Å²) in [4.78, 5) is 2.42. The van der Waals surface area contributed by atoms with Crippen molar-refractivity contribution in [1.82, 2.24) is 4.57 Å². The van der Waals surface area contributed by atoms with E-state index in [9.17, 15) is 0 Å². The van der Waals surface area contributed by atoms with E-state index in [4.69, 9.17) is 4.42 Å². The molecule has 272 valence electrons. The fourth-order valence-corrected chi connectivity index (χ4v) is 10.4. The van der Waals surface area contributed by atoms with Crippen LogP contribution in [0, 0.1) is 0 Å². The average molecular weight is 759 g/mol. The first kappa shape index (κ1) is 32.8. The van der Waals surface area contributed by atoms with Gasteiger partial charge in [-0.15, -0.1) is 11.3 Å². The minimum Gasteiger partial charge on any atom is -0.456 e. The molecule has 0 saturated heterocycles. The van der Waals surface area contributed by atoms with Crippen LogP contribution in [0.3, 0.4) is 0 Å². The number of hydrogen-bond donors (Lipinski definition) is 0. The molecule has 58 heavy (non-hydrogen) atoms. The molecule has 3 nitrogen and oxygen atoms in total. The Kier molecular flexibility index (Phi) is 7.40. The number of aromatic nitrogens is 1. The Labute approximate surface area is 338 Å². The highest BCUT2D eigenvalue weighted by Crippen LogP contribution is 2.48. The fraction of sp³-hybridized carbons (Fsp3) is 0. The van der Waals surface area contributed by atoms with Gasteiger partial charge in [-0.3, -0.25) is 0 Å². The third-order valence-corrected chi connectivity index (χ3v) is 12.9. The Hall–Kier alpha value is -7.40. The summed E-state index contributed by atoms with van der Waals surface area (Å²) in [6.45, 7) is 0. The second-order valence-corrected chi connectivity index (χ2v) is 15.9. The summed E-state index contributed by atoms with van der Waals surface area (Å²) in [5.41, 5.74) is 13.5. The number of nitrogens with zero attached hydrogens (tertiary/aromatic N) is 2. The molecule has 0 radical (unpaired) electrons. The van der Waals surface area contributed by atoms with Gasteiger partial charge in [-0.05, 0) is 89.0 Å². The highest BCUT2D eigenvalue weighted by atomic mass is 32.1. The van der Waals surface area contributed by atoms with Gasteiger partial charge in [0.2, 0.25) is 0 Å². The first-order chi connectivity index (χ1) is 28.8. The molecule has 4 heteroatoms. The number of para-hydroxylation sites is 3. The summed E-state index contributed by atoms with van der Waals surface area (Å²) in [7, 11) is 0. The van der Waals surface area contributed by atoms with Crippen LogP contribution in [0.15, 0.2) is 211 Å². The molecule has 0 aliphatic rings. The zero-order valence-electron chi connectivity index (χ0n) is 31.3. The van der Waals surface area contributed by atoms with E-state index >= 15 is 0 Å². The lowest BCUT2D eigenvalue weighted by Gasteiger charge is -2.26. The molecule has 0 fully saturated rings. The number of rotatable bonds is 6. The van der Waals surface area contributed by atoms with E-state index in [0.717, 1.165) is 44.7 Å². The Morgan fingerprint density at radius 1 is 0.397 bits per heavy atom. The van der Waals surface area contributed by atoms with Crippen molar-refractivity contribution in [3.63, 3.8) is 0 Å². The summed E-state index contributed by atoms with van der Waals surface area (Å²) in [6, 6.07) is 74.4. The maximum atomic E-state index is 6.31. The molecule has 0 N–H and O–H groups in total. The third-order valence-electron chi connectivity index (χ3n) is 11.6. The predicted molar refractivity (Wildman–Crippen MR) is 247 cm³/mol. The monoisotopic (exact) mass is 758 g/mol. The summed E-state index contributed by atoms with van der Waals surface area (Å²) in [5, 5.41) is 7.25. The second-order valence-electron chi connectivity index (χ2n) is 14.9. The lowest BCUT2D eigenvalue weighted by molar-refractivity contribution is 0.669. The number of furan rings is 1. The van der Waals surface area contributed by atoms with E-state index in [-0.39, 0.29) is 0 Å². The smallest absolute Gasteiger partial charge is 0.135 e. The van der Waals surface area contributed by atoms with Gasteiger partial charge >= 0.3 is 0 Å². The second kappa shape index (κ2) is 13.1. The van der Waals surface area contributed by atoms with Crippen LogP contribution in [0.2, 0.25) is 0 Å². The topological polar surface area (TPSA) is 21.3 Å². The molecule has 9 aromatic carbocycles. The first-order valence-corrected chi connectivity index (χ1v) is 20.5. The van der Waals surface area contributed by atoms with Crippen LogP contribution in [-0.4, -0.2) is 4.57 Å². The van der Waals surface area contributed by atoms with Gasteiger partial charge in [0.05, 0.1) is 21.4 Å². The Bertz CT molecular complexity index is 3500. The summed E-state index contributed by atoms with van der Waals surface area (Å²) >= 11 is 1.88. The molecule has 0 atom stereocenters. The average Bonchev–Trinajstić information content (AvgIpc) is 3.97. The van der Waals surface area contributed by atoms with Crippen molar-refractivity contribution in [3.05, 3.63) is 206 Å². The lowest BCUT2D eigenvalue weighted by Crippen LogP contribution is -2.10. The van der Waals surface area contributed by atoms with Gasteiger partial charge in [0.15, 0.2) is 0 Å². The van der Waals surface area contributed by atoms with E-state index in [1.807, 2.05) is 23.5 Å². The molecule has 0 aliphatic carbocycles. The molecule has 0 aliphatic heterocycles. The minimum absolute atomic E-state index is 0.885. The normalized spacial score (nSPS) is 11.8.